The molecule has 2 aromatic carbocycles. The minimum atomic E-state index is -0.395. The van der Waals surface area contributed by atoms with Crippen molar-refractivity contribution in [3.8, 4) is 5.75 Å². The van der Waals surface area contributed by atoms with Crippen LogP contribution in [0.15, 0.2) is 54.6 Å². The van der Waals surface area contributed by atoms with Crippen molar-refractivity contribution in [3.63, 3.8) is 0 Å². The van der Waals surface area contributed by atoms with Gasteiger partial charge in [-0.3, -0.25) is 20.4 Å². The van der Waals surface area contributed by atoms with E-state index in [2.05, 4.69) is 16.2 Å². The van der Waals surface area contributed by atoms with Gasteiger partial charge >= 0.3 is 0 Å². The van der Waals surface area contributed by atoms with E-state index >= 15 is 0 Å². The summed E-state index contributed by atoms with van der Waals surface area (Å²) in [5, 5.41) is 3.23. The molecule has 3 N–H and O–H groups in total. The van der Waals surface area contributed by atoms with Gasteiger partial charge in [0.1, 0.15) is 5.75 Å². The second kappa shape index (κ2) is 11.0. The van der Waals surface area contributed by atoms with Crippen molar-refractivity contribution in [2.24, 2.45) is 0 Å². The van der Waals surface area contributed by atoms with E-state index in [0.29, 0.717) is 23.5 Å². The first kappa shape index (κ1) is 21.3. The average molecular weight is 401 g/mol. The summed E-state index contributed by atoms with van der Waals surface area (Å²) in [5.41, 5.74) is 6.19. The highest BCUT2D eigenvalue weighted by Crippen LogP contribution is 2.15. The molecule has 0 unspecified atom stereocenters. The first-order chi connectivity index (χ1) is 13.5. The molecule has 1 amide bonds. The van der Waals surface area contributed by atoms with Crippen molar-refractivity contribution < 1.29 is 19.1 Å². The third kappa shape index (κ3) is 6.98. The van der Waals surface area contributed by atoms with Crippen LogP contribution >= 0.6 is 12.2 Å². The SMILES string of the molecule is COC[C@@H](C)NC(=S)NNC(=O)COc1ccc(C(=O)c2ccccc2)cc1. The second-order valence-electron chi connectivity index (χ2n) is 6.01. The summed E-state index contributed by atoms with van der Waals surface area (Å²) in [6.45, 7) is 2.19. The zero-order chi connectivity index (χ0) is 20.4. The van der Waals surface area contributed by atoms with E-state index < -0.39 is 5.91 Å². The van der Waals surface area contributed by atoms with E-state index in [9.17, 15) is 9.59 Å². The Morgan fingerprint density at radius 2 is 1.64 bits per heavy atom. The molecule has 0 aromatic heterocycles. The monoisotopic (exact) mass is 401 g/mol. The van der Waals surface area contributed by atoms with Crippen LogP contribution in [0.1, 0.15) is 22.8 Å². The highest BCUT2D eigenvalue weighted by molar-refractivity contribution is 7.80. The highest BCUT2D eigenvalue weighted by Gasteiger charge is 2.09. The van der Waals surface area contributed by atoms with Crippen LogP contribution in [0, 0.1) is 0 Å². The van der Waals surface area contributed by atoms with Crippen molar-refractivity contribution in [3.05, 3.63) is 65.7 Å². The molecule has 2 aromatic rings. The molecular formula is C20H23N3O4S. The lowest BCUT2D eigenvalue weighted by atomic mass is 10.0. The van der Waals surface area contributed by atoms with E-state index in [-0.39, 0.29) is 23.5 Å². The maximum absolute atomic E-state index is 12.4. The van der Waals surface area contributed by atoms with Crippen molar-refractivity contribution in [2.75, 3.05) is 20.3 Å². The maximum Gasteiger partial charge on any atom is 0.276 e. The van der Waals surface area contributed by atoms with E-state index in [1.165, 1.54) is 0 Å². The lowest BCUT2D eigenvalue weighted by Crippen LogP contribution is -2.50. The summed E-state index contributed by atoms with van der Waals surface area (Å²) in [6.07, 6.45) is 0. The van der Waals surface area contributed by atoms with Gasteiger partial charge in [0.15, 0.2) is 17.5 Å². The van der Waals surface area contributed by atoms with Crippen LogP contribution in [0.2, 0.25) is 0 Å². The predicted molar refractivity (Wildman–Crippen MR) is 110 cm³/mol. The number of amides is 1. The van der Waals surface area contributed by atoms with Crippen molar-refractivity contribution in [1.29, 1.82) is 0 Å². The van der Waals surface area contributed by atoms with Gasteiger partial charge in [0.05, 0.1) is 6.61 Å². The summed E-state index contributed by atoms with van der Waals surface area (Å²) < 4.78 is 10.4. The normalized spacial score (nSPS) is 11.2. The Labute approximate surface area is 169 Å². The molecule has 7 nitrogen and oxygen atoms in total. The third-order valence-corrected chi connectivity index (χ3v) is 3.85. The standard InChI is InChI=1S/C20H23N3O4S/c1-14(12-26-2)21-20(28)23-22-18(24)13-27-17-10-8-16(9-11-17)19(25)15-6-4-3-5-7-15/h3-11,14H,12-13H2,1-2H3,(H,22,24)(H2,21,23,28)/t14-/m1/s1. The number of carbonyl (C=O) groups is 2. The molecule has 0 aliphatic carbocycles. The topological polar surface area (TPSA) is 88.7 Å². The molecule has 2 rings (SSSR count). The Kier molecular flexibility index (Phi) is 8.38. The number of benzene rings is 2. The van der Waals surface area contributed by atoms with Crippen LogP contribution < -0.4 is 20.9 Å². The van der Waals surface area contributed by atoms with Gasteiger partial charge in [-0.1, -0.05) is 30.3 Å². The molecule has 148 valence electrons. The fourth-order valence-electron chi connectivity index (χ4n) is 2.32. The number of ketones is 1. The van der Waals surface area contributed by atoms with Crippen molar-refractivity contribution >= 4 is 29.0 Å². The highest BCUT2D eigenvalue weighted by atomic mass is 32.1. The number of carbonyl (C=O) groups excluding carboxylic acids is 2. The van der Waals surface area contributed by atoms with Crippen LogP contribution in [0.5, 0.6) is 5.75 Å². The number of hydrogen-bond donors (Lipinski definition) is 3. The number of nitrogens with one attached hydrogen (secondary N) is 3. The van der Waals surface area contributed by atoms with Gasteiger partial charge in [-0.05, 0) is 43.4 Å². The molecule has 0 fully saturated rings. The molecule has 0 aliphatic heterocycles. The summed E-state index contributed by atoms with van der Waals surface area (Å²) >= 11 is 5.05. The Balaban J connectivity index is 1.76. The molecule has 28 heavy (non-hydrogen) atoms. The van der Waals surface area contributed by atoms with Gasteiger partial charge in [-0.2, -0.15) is 0 Å². The molecule has 0 radical (unpaired) electrons. The quantitative estimate of drug-likeness (QED) is 0.353. The van der Waals surface area contributed by atoms with Crippen LogP contribution in [0.25, 0.3) is 0 Å². The van der Waals surface area contributed by atoms with Crippen molar-refractivity contribution in [1.82, 2.24) is 16.2 Å². The molecule has 8 heteroatoms. The Bertz CT molecular complexity index is 797. The maximum atomic E-state index is 12.4. The van der Waals surface area contributed by atoms with Crippen LogP contribution in [0.3, 0.4) is 0 Å². The minimum absolute atomic E-state index is 0.00950. The van der Waals surface area contributed by atoms with Gasteiger partial charge in [-0.25, -0.2) is 0 Å². The van der Waals surface area contributed by atoms with E-state index in [1.54, 1.807) is 43.5 Å². The Morgan fingerprint density at radius 3 is 2.29 bits per heavy atom. The van der Waals surface area contributed by atoms with Gasteiger partial charge in [0.25, 0.3) is 5.91 Å². The van der Waals surface area contributed by atoms with Gasteiger partial charge in [0, 0.05) is 24.3 Å². The van der Waals surface area contributed by atoms with E-state index in [4.69, 9.17) is 21.7 Å². The first-order valence-electron chi connectivity index (χ1n) is 8.66. The van der Waals surface area contributed by atoms with Crippen LogP contribution in [0.4, 0.5) is 0 Å². The molecule has 1 atom stereocenters. The molecule has 0 aliphatic rings. The zero-order valence-corrected chi connectivity index (χ0v) is 16.5. The van der Waals surface area contributed by atoms with E-state index in [0.717, 1.165) is 0 Å². The van der Waals surface area contributed by atoms with Crippen LogP contribution in [-0.2, 0) is 9.53 Å². The predicted octanol–water partition coefficient (Wildman–Crippen LogP) is 1.83. The number of ether oxygens (including phenoxy) is 2. The second-order valence-corrected chi connectivity index (χ2v) is 6.42. The van der Waals surface area contributed by atoms with E-state index in [1.807, 2.05) is 25.1 Å². The van der Waals surface area contributed by atoms with Gasteiger partial charge in [0.2, 0.25) is 0 Å². The number of thiocarbonyl (C=S) groups is 1. The number of hydrogen-bond acceptors (Lipinski definition) is 5. The van der Waals surface area contributed by atoms with Crippen LogP contribution in [-0.4, -0.2) is 43.2 Å². The summed E-state index contributed by atoms with van der Waals surface area (Å²) in [6, 6.07) is 15.7. The molecule has 0 bridgehead atoms. The fourth-order valence-corrected chi connectivity index (χ4v) is 2.57. The molecule has 0 heterocycles. The minimum Gasteiger partial charge on any atom is -0.484 e. The number of rotatable bonds is 8. The molecule has 0 spiro atoms. The van der Waals surface area contributed by atoms with Crippen molar-refractivity contribution in [2.45, 2.75) is 13.0 Å². The van der Waals surface area contributed by atoms with Gasteiger partial charge < -0.3 is 14.8 Å². The molecule has 0 saturated carbocycles. The Hall–Kier alpha value is -2.97. The average Bonchev–Trinajstić information content (AvgIpc) is 2.71. The first-order valence-corrected chi connectivity index (χ1v) is 9.07. The lowest BCUT2D eigenvalue weighted by molar-refractivity contribution is -0.123. The molecule has 0 saturated heterocycles. The van der Waals surface area contributed by atoms with Gasteiger partial charge in [-0.15, -0.1) is 0 Å². The fraction of sp³-hybridized carbons (Fsp3) is 0.250. The molecular weight excluding hydrogens is 378 g/mol. The largest absolute Gasteiger partial charge is 0.484 e. The summed E-state index contributed by atoms with van der Waals surface area (Å²) in [7, 11) is 1.60. The summed E-state index contributed by atoms with van der Waals surface area (Å²) in [5.74, 6) is 0.0139. The lowest BCUT2D eigenvalue weighted by Gasteiger charge is -2.16. The zero-order valence-electron chi connectivity index (χ0n) is 15.7. The summed E-state index contributed by atoms with van der Waals surface area (Å²) in [4.78, 5) is 24.2. The smallest absolute Gasteiger partial charge is 0.276 e. The number of methoxy groups -OCH3 is 1. The third-order valence-electron chi connectivity index (χ3n) is 3.63. The number of hydrazine groups is 1. The Morgan fingerprint density at radius 1 is 1.00 bits per heavy atom.